The fourth-order valence-electron chi connectivity index (χ4n) is 3.85. The van der Waals surface area contributed by atoms with Crippen LogP contribution in [0.3, 0.4) is 0 Å². The van der Waals surface area contributed by atoms with Gasteiger partial charge in [-0.05, 0) is 82.9 Å². The van der Waals surface area contributed by atoms with Crippen molar-refractivity contribution in [1.82, 2.24) is 0 Å². The molecule has 0 spiro atoms. The number of aliphatic hydroxyl groups is 1. The van der Waals surface area contributed by atoms with E-state index in [1.807, 2.05) is 6.07 Å². The van der Waals surface area contributed by atoms with Gasteiger partial charge < -0.3 is 19.3 Å². The molecule has 1 aliphatic heterocycles. The summed E-state index contributed by atoms with van der Waals surface area (Å²) in [5.74, 6) is -1.24. The number of nitrogens with zero attached hydrogens (tertiary/aromatic N) is 1. The molecule has 3 aromatic carbocycles. The molecule has 1 amide bonds. The monoisotopic (exact) mass is 625 g/mol. The molecule has 0 unspecified atom stereocenters. The van der Waals surface area contributed by atoms with Gasteiger partial charge in [-0.2, -0.15) is 0 Å². The van der Waals surface area contributed by atoms with E-state index in [9.17, 15) is 19.1 Å². The topological polar surface area (TPSA) is 94.4 Å². The number of halogens is 2. The second-order valence-corrected chi connectivity index (χ2v) is 10.4. The quantitative estimate of drug-likeness (QED) is 0.265. The van der Waals surface area contributed by atoms with Gasteiger partial charge in [0.25, 0.3) is 5.91 Å². The third-order valence-electron chi connectivity index (χ3n) is 5.77. The van der Waals surface area contributed by atoms with Crippen LogP contribution in [0.2, 0.25) is 0 Å². The van der Waals surface area contributed by atoms with Gasteiger partial charge in [0.1, 0.15) is 28.8 Å². The zero-order chi connectivity index (χ0) is 28.8. The predicted octanol–water partition coefficient (Wildman–Crippen LogP) is 7.19. The number of benzene rings is 3. The first-order valence-electron chi connectivity index (χ1n) is 12.2. The van der Waals surface area contributed by atoms with Crippen LogP contribution in [0.25, 0.3) is 6.08 Å². The molecule has 0 aliphatic carbocycles. The number of aryl methyl sites for hydroxylation is 1. The van der Waals surface area contributed by atoms with Gasteiger partial charge in [0.05, 0.1) is 23.1 Å². The van der Waals surface area contributed by atoms with E-state index in [2.05, 4.69) is 20.9 Å². The van der Waals surface area contributed by atoms with Crippen LogP contribution >= 0.6 is 27.7 Å². The van der Waals surface area contributed by atoms with Gasteiger partial charge in [0, 0.05) is 5.56 Å². The second-order valence-electron chi connectivity index (χ2n) is 8.54. The summed E-state index contributed by atoms with van der Waals surface area (Å²) in [6.45, 7) is 3.63. The Labute approximate surface area is 243 Å². The standard InChI is InChI=1S/C30H25BrFNO6S/c1-4-38-30(36)25-26(34)24(40-29(25)33-28(35)21-11-6-5-8-17(21)2)15-19-13-22(31)27(23(14-19)37-3)39-16-18-9-7-10-20(32)12-18/h5-15,34H,4,16H2,1-3H3/b24-15-,33-29?. The van der Waals surface area contributed by atoms with Crippen molar-refractivity contribution in [3.05, 3.63) is 109 Å². The largest absolute Gasteiger partial charge is 0.506 e. The van der Waals surface area contributed by atoms with Gasteiger partial charge in [-0.15, -0.1) is 0 Å². The van der Waals surface area contributed by atoms with Gasteiger partial charge in [0.2, 0.25) is 0 Å². The average molecular weight is 627 g/mol. The van der Waals surface area contributed by atoms with Crippen molar-refractivity contribution >= 4 is 50.7 Å². The molecular formula is C30H25BrFNO6S. The van der Waals surface area contributed by atoms with Gasteiger partial charge in [-0.25, -0.2) is 14.2 Å². The van der Waals surface area contributed by atoms with Gasteiger partial charge >= 0.3 is 5.97 Å². The molecule has 4 rings (SSSR count). The van der Waals surface area contributed by atoms with E-state index in [0.717, 1.165) is 17.3 Å². The molecule has 10 heteroatoms. The lowest BCUT2D eigenvalue weighted by Gasteiger charge is -2.14. The summed E-state index contributed by atoms with van der Waals surface area (Å²) < 4.78 is 30.6. The number of aliphatic imine (C=N–C) groups is 1. The van der Waals surface area contributed by atoms with Crippen LogP contribution in [0.1, 0.15) is 34.0 Å². The predicted molar refractivity (Wildman–Crippen MR) is 156 cm³/mol. The smallest absolute Gasteiger partial charge is 0.344 e. The van der Waals surface area contributed by atoms with Gasteiger partial charge in [-0.1, -0.05) is 42.1 Å². The molecule has 206 valence electrons. The molecule has 0 saturated heterocycles. The Hall–Kier alpha value is -3.89. The number of rotatable bonds is 8. The highest BCUT2D eigenvalue weighted by Gasteiger charge is 2.34. The minimum absolute atomic E-state index is 0.0385. The number of hydrogen-bond acceptors (Lipinski definition) is 7. The zero-order valence-electron chi connectivity index (χ0n) is 21.9. The van der Waals surface area contributed by atoms with E-state index >= 15 is 0 Å². The minimum atomic E-state index is -0.785. The molecule has 0 radical (unpaired) electrons. The summed E-state index contributed by atoms with van der Waals surface area (Å²) in [7, 11) is 1.48. The highest BCUT2D eigenvalue weighted by Crippen LogP contribution is 2.42. The number of carbonyl (C=O) groups is 2. The summed E-state index contributed by atoms with van der Waals surface area (Å²) in [4.78, 5) is 30.1. The van der Waals surface area contributed by atoms with Crippen LogP contribution in [0.5, 0.6) is 11.5 Å². The maximum Gasteiger partial charge on any atom is 0.344 e. The molecule has 1 aliphatic rings. The van der Waals surface area contributed by atoms with Crippen LogP contribution in [0.15, 0.2) is 86.4 Å². The van der Waals surface area contributed by atoms with E-state index in [4.69, 9.17) is 14.2 Å². The lowest BCUT2D eigenvalue weighted by Crippen LogP contribution is -2.14. The van der Waals surface area contributed by atoms with E-state index in [-0.39, 0.29) is 35.4 Å². The molecule has 0 atom stereocenters. The van der Waals surface area contributed by atoms with E-state index < -0.39 is 11.9 Å². The molecule has 0 aromatic heterocycles. The Morgan fingerprint density at radius 1 is 1.12 bits per heavy atom. The number of amides is 1. The Bertz CT molecular complexity index is 1570. The van der Waals surface area contributed by atoms with Crippen LogP contribution in [-0.2, 0) is 16.1 Å². The summed E-state index contributed by atoms with van der Waals surface area (Å²) in [6.07, 6.45) is 1.63. The molecular weight excluding hydrogens is 601 g/mol. The van der Waals surface area contributed by atoms with Crippen molar-refractivity contribution in [2.75, 3.05) is 13.7 Å². The first-order chi connectivity index (χ1) is 19.2. The van der Waals surface area contributed by atoms with E-state index in [0.29, 0.717) is 37.6 Å². The van der Waals surface area contributed by atoms with E-state index in [1.54, 1.807) is 62.4 Å². The molecule has 0 saturated carbocycles. The molecule has 40 heavy (non-hydrogen) atoms. The maximum absolute atomic E-state index is 13.5. The van der Waals surface area contributed by atoms with Crippen molar-refractivity contribution in [2.24, 2.45) is 4.99 Å². The van der Waals surface area contributed by atoms with Gasteiger partial charge in [-0.3, -0.25) is 4.79 Å². The third kappa shape index (κ3) is 6.63. The van der Waals surface area contributed by atoms with Crippen LogP contribution < -0.4 is 9.47 Å². The summed E-state index contributed by atoms with van der Waals surface area (Å²) >= 11 is 4.47. The van der Waals surface area contributed by atoms with Crippen molar-refractivity contribution in [3.8, 4) is 11.5 Å². The van der Waals surface area contributed by atoms with Gasteiger partial charge in [0.15, 0.2) is 11.5 Å². The van der Waals surface area contributed by atoms with Crippen molar-refractivity contribution in [2.45, 2.75) is 20.5 Å². The lowest BCUT2D eigenvalue weighted by molar-refractivity contribution is -0.138. The summed E-state index contributed by atoms with van der Waals surface area (Å²) in [5.41, 5.74) is 2.19. The molecule has 0 bridgehead atoms. The Balaban J connectivity index is 1.67. The van der Waals surface area contributed by atoms with E-state index in [1.165, 1.54) is 19.2 Å². The van der Waals surface area contributed by atoms with Crippen LogP contribution in [0.4, 0.5) is 4.39 Å². The average Bonchev–Trinajstić information content (AvgIpc) is 3.22. The number of carbonyl (C=O) groups excluding carboxylic acids is 2. The minimum Gasteiger partial charge on any atom is -0.506 e. The van der Waals surface area contributed by atoms with Crippen LogP contribution in [0, 0.1) is 12.7 Å². The number of aliphatic hydroxyl groups excluding tert-OH is 1. The maximum atomic E-state index is 13.5. The highest BCUT2D eigenvalue weighted by molar-refractivity contribution is 9.10. The third-order valence-corrected chi connectivity index (χ3v) is 7.38. The Morgan fingerprint density at radius 3 is 2.60 bits per heavy atom. The fourth-order valence-corrected chi connectivity index (χ4v) is 5.44. The molecule has 3 aromatic rings. The van der Waals surface area contributed by atoms with Crippen molar-refractivity contribution < 1.29 is 33.3 Å². The molecule has 1 N–H and O–H groups in total. The number of ether oxygens (including phenoxy) is 3. The molecule has 7 nitrogen and oxygen atoms in total. The zero-order valence-corrected chi connectivity index (χ0v) is 24.3. The van der Waals surface area contributed by atoms with Crippen LogP contribution in [-0.4, -0.2) is 35.7 Å². The number of methoxy groups -OCH3 is 1. The van der Waals surface area contributed by atoms with Crippen molar-refractivity contribution in [3.63, 3.8) is 0 Å². The van der Waals surface area contributed by atoms with Crippen molar-refractivity contribution in [1.29, 1.82) is 0 Å². The Morgan fingerprint density at radius 2 is 1.90 bits per heavy atom. The molecule has 1 heterocycles. The number of hydrogen-bond donors (Lipinski definition) is 1. The summed E-state index contributed by atoms with van der Waals surface area (Å²) in [5, 5.41) is 11.0. The lowest BCUT2D eigenvalue weighted by atomic mass is 10.1. The second kappa shape index (κ2) is 13.0. The number of esters is 1. The normalized spacial score (nSPS) is 15.0. The molecule has 0 fully saturated rings. The summed E-state index contributed by atoms with van der Waals surface area (Å²) in [6, 6.07) is 16.5. The fraction of sp³-hybridized carbons (Fsp3) is 0.167. The number of thioether (sulfide) groups is 1. The Kier molecular flexibility index (Phi) is 9.44. The SMILES string of the molecule is CCOC(=O)C1=C(O)/C(=C/c2cc(Br)c(OCc3cccc(F)c3)c(OC)c2)SC1=NC(=O)c1ccccc1C. The highest BCUT2D eigenvalue weighted by atomic mass is 79.9. The first kappa shape index (κ1) is 29.1. The first-order valence-corrected chi connectivity index (χ1v) is 13.8.